The molecule has 4 aliphatic rings. The first kappa shape index (κ1) is 16.8. The number of aromatic nitrogens is 1. The number of hydrogen-bond acceptors (Lipinski definition) is 3. The molecule has 1 heterocycles. The van der Waals surface area contributed by atoms with Gasteiger partial charge in [-0.15, -0.1) is 0 Å². The third-order valence-electron chi connectivity index (χ3n) is 6.93. The van der Waals surface area contributed by atoms with Gasteiger partial charge in [-0.2, -0.15) is 0 Å². The maximum Gasteiger partial charge on any atom is 0.255 e. The first-order valence-electron chi connectivity index (χ1n) is 10.1. The maximum atomic E-state index is 12.8. The normalized spacial score (nSPS) is 30.9. The zero-order valence-corrected chi connectivity index (χ0v) is 15.8. The molecule has 4 saturated carbocycles. The van der Waals surface area contributed by atoms with Crippen LogP contribution in [0.5, 0.6) is 5.75 Å². The van der Waals surface area contributed by atoms with Crippen LogP contribution in [0.25, 0.3) is 0 Å². The van der Waals surface area contributed by atoms with E-state index in [9.17, 15) is 4.79 Å². The summed E-state index contributed by atoms with van der Waals surface area (Å²) in [6.45, 7) is 0. The molecule has 0 aliphatic heterocycles. The van der Waals surface area contributed by atoms with Crippen molar-refractivity contribution in [2.24, 2.45) is 17.8 Å². The minimum absolute atomic E-state index is 0.0865. The van der Waals surface area contributed by atoms with E-state index in [-0.39, 0.29) is 11.3 Å². The summed E-state index contributed by atoms with van der Waals surface area (Å²) in [7, 11) is 1.63. The molecule has 140 valence electrons. The van der Waals surface area contributed by atoms with E-state index in [0.29, 0.717) is 5.56 Å². The second kappa shape index (κ2) is 6.36. The lowest BCUT2D eigenvalue weighted by atomic mass is 9.48. The molecule has 0 unspecified atom stereocenters. The Morgan fingerprint density at radius 2 is 1.78 bits per heavy atom. The summed E-state index contributed by atoms with van der Waals surface area (Å²) in [6, 6.07) is 11.3. The van der Waals surface area contributed by atoms with Crippen LogP contribution < -0.4 is 10.1 Å². The number of pyridine rings is 1. The van der Waals surface area contributed by atoms with E-state index in [1.165, 1.54) is 38.5 Å². The van der Waals surface area contributed by atoms with Gasteiger partial charge in [0, 0.05) is 34.6 Å². The molecule has 1 amide bonds. The van der Waals surface area contributed by atoms with Crippen LogP contribution >= 0.6 is 0 Å². The Bertz CT molecular complexity index is 841. The van der Waals surface area contributed by atoms with E-state index in [4.69, 9.17) is 9.72 Å². The number of benzene rings is 1. The van der Waals surface area contributed by atoms with Crippen molar-refractivity contribution in [3.63, 3.8) is 0 Å². The molecule has 0 radical (unpaired) electrons. The van der Waals surface area contributed by atoms with Gasteiger partial charge in [0.1, 0.15) is 5.75 Å². The predicted octanol–water partition coefficient (Wildman–Crippen LogP) is 4.81. The van der Waals surface area contributed by atoms with Gasteiger partial charge in [0.2, 0.25) is 0 Å². The Labute approximate surface area is 160 Å². The Kier molecular flexibility index (Phi) is 3.96. The molecule has 0 saturated heterocycles. The molecule has 2 aromatic rings. The monoisotopic (exact) mass is 362 g/mol. The van der Waals surface area contributed by atoms with E-state index in [1.54, 1.807) is 7.11 Å². The van der Waals surface area contributed by atoms with Crippen molar-refractivity contribution in [2.45, 2.75) is 43.9 Å². The van der Waals surface area contributed by atoms with Crippen molar-refractivity contribution in [1.82, 2.24) is 4.98 Å². The van der Waals surface area contributed by atoms with Gasteiger partial charge >= 0.3 is 0 Å². The van der Waals surface area contributed by atoms with Crippen LogP contribution in [0.1, 0.15) is 54.6 Å². The molecule has 27 heavy (non-hydrogen) atoms. The number of rotatable bonds is 4. The fourth-order valence-electron chi connectivity index (χ4n) is 6.19. The zero-order valence-electron chi connectivity index (χ0n) is 15.8. The van der Waals surface area contributed by atoms with E-state index < -0.39 is 0 Å². The molecule has 4 fully saturated rings. The van der Waals surface area contributed by atoms with Crippen molar-refractivity contribution < 1.29 is 9.53 Å². The lowest BCUT2D eigenvalue weighted by molar-refractivity contribution is -0.00721. The lowest BCUT2D eigenvalue weighted by Crippen LogP contribution is -2.49. The Hall–Kier alpha value is -2.36. The number of methoxy groups -OCH3 is 1. The van der Waals surface area contributed by atoms with E-state index in [0.717, 1.165) is 34.9 Å². The van der Waals surface area contributed by atoms with Crippen LogP contribution in [0.3, 0.4) is 0 Å². The summed E-state index contributed by atoms with van der Waals surface area (Å²) in [5.74, 6) is 3.25. The van der Waals surface area contributed by atoms with Crippen LogP contribution in [0, 0.1) is 17.8 Å². The van der Waals surface area contributed by atoms with Gasteiger partial charge in [0.25, 0.3) is 5.91 Å². The SMILES string of the molecule is COc1cccc(NC(=O)c2ccnc(C34CC5CC(CC(C5)C3)C4)c2)c1. The van der Waals surface area contributed by atoms with E-state index in [1.807, 2.05) is 42.6 Å². The Morgan fingerprint density at radius 1 is 1.07 bits per heavy atom. The smallest absolute Gasteiger partial charge is 0.255 e. The minimum atomic E-state index is -0.0865. The van der Waals surface area contributed by atoms with Crippen LogP contribution in [0.15, 0.2) is 42.6 Å². The number of carbonyl (C=O) groups excluding carboxylic acids is 1. The summed E-state index contributed by atoms with van der Waals surface area (Å²) in [4.78, 5) is 17.6. The largest absolute Gasteiger partial charge is 0.497 e. The molecular formula is C23H26N2O2. The highest BCUT2D eigenvalue weighted by Crippen LogP contribution is 2.60. The molecule has 0 atom stereocenters. The van der Waals surface area contributed by atoms with Gasteiger partial charge in [0.15, 0.2) is 0 Å². The van der Waals surface area contributed by atoms with E-state index >= 15 is 0 Å². The summed E-state index contributed by atoms with van der Waals surface area (Å²) >= 11 is 0. The maximum absolute atomic E-state index is 12.8. The summed E-state index contributed by atoms with van der Waals surface area (Å²) < 4.78 is 5.24. The molecule has 0 spiro atoms. The van der Waals surface area contributed by atoms with Crippen LogP contribution in [-0.2, 0) is 5.41 Å². The fraction of sp³-hybridized carbons (Fsp3) is 0.478. The summed E-state index contributed by atoms with van der Waals surface area (Å²) in [6.07, 6.45) is 9.82. The molecule has 4 bridgehead atoms. The van der Waals surface area contributed by atoms with Gasteiger partial charge in [0.05, 0.1) is 7.11 Å². The number of ether oxygens (including phenoxy) is 1. The van der Waals surface area contributed by atoms with Crippen LogP contribution in [0.4, 0.5) is 5.69 Å². The quantitative estimate of drug-likeness (QED) is 0.849. The highest BCUT2D eigenvalue weighted by atomic mass is 16.5. The van der Waals surface area contributed by atoms with Crippen molar-refractivity contribution in [3.05, 3.63) is 53.9 Å². The molecular weight excluding hydrogens is 336 g/mol. The number of amides is 1. The third-order valence-corrected chi connectivity index (χ3v) is 6.93. The van der Waals surface area contributed by atoms with Crippen molar-refractivity contribution in [2.75, 3.05) is 12.4 Å². The van der Waals surface area contributed by atoms with Gasteiger partial charge in [-0.05, 0) is 80.5 Å². The molecule has 4 nitrogen and oxygen atoms in total. The lowest BCUT2D eigenvalue weighted by Gasteiger charge is -2.56. The van der Waals surface area contributed by atoms with E-state index in [2.05, 4.69) is 5.32 Å². The molecule has 1 aromatic heterocycles. The fourth-order valence-corrected chi connectivity index (χ4v) is 6.19. The molecule has 4 aliphatic carbocycles. The number of carbonyl (C=O) groups is 1. The highest BCUT2D eigenvalue weighted by molar-refractivity contribution is 6.04. The second-order valence-electron chi connectivity index (χ2n) is 8.81. The van der Waals surface area contributed by atoms with Crippen molar-refractivity contribution >= 4 is 11.6 Å². The first-order valence-corrected chi connectivity index (χ1v) is 10.1. The molecule has 4 heteroatoms. The topological polar surface area (TPSA) is 51.2 Å². The van der Waals surface area contributed by atoms with Gasteiger partial charge in [-0.25, -0.2) is 0 Å². The second-order valence-corrected chi connectivity index (χ2v) is 8.81. The van der Waals surface area contributed by atoms with Crippen molar-refractivity contribution in [3.8, 4) is 5.75 Å². The van der Waals surface area contributed by atoms with Gasteiger partial charge in [-0.3, -0.25) is 9.78 Å². The Balaban J connectivity index is 1.40. The van der Waals surface area contributed by atoms with Crippen molar-refractivity contribution in [1.29, 1.82) is 0 Å². The van der Waals surface area contributed by atoms with Crippen LogP contribution in [-0.4, -0.2) is 18.0 Å². The third kappa shape index (κ3) is 3.01. The summed E-state index contributed by atoms with van der Waals surface area (Å²) in [5.41, 5.74) is 2.78. The number of hydrogen-bond donors (Lipinski definition) is 1. The standard InChI is InChI=1S/C23H26N2O2/c1-27-20-4-2-3-19(11-20)25-22(26)18-5-6-24-21(10-18)23-12-15-7-16(13-23)9-17(8-15)14-23/h2-6,10-11,15-17H,7-9,12-14H2,1H3,(H,25,26). The van der Waals surface area contributed by atoms with Crippen LogP contribution in [0.2, 0.25) is 0 Å². The summed E-state index contributed by atoms with van der Waals surface area (Å²) in [5, 5.41) is 2.99. The number of nitrogens with zero attached hydrogens (tertiary/aromatic N) is 1. The average Bonchev–Trinajstić information content (AvgIpc) is 2.67. The molecule has 1 aromatic carbocycles. The number of anilines is 1. The highest BCUT2D eigenvalue weighted by Gasteiger charge is 2.52. The molecule has 1 N–H and O–H groups in total. The zero-order chi connectivity index (χ0) is 18.4. The number of nitrogens with one attached hydrogen (secondary N) is 1. The van der Waals surface area contributed by atoms with Gasteiger partial charge in [-0.1, -0.05) is 6.07 Å². The van der Waals surface area contributed by atoms with Gasteiger partial charge < -0.3 is 10.1 Å². The first-order chi connectivity index (χ1) is 13.1. The molecule has 6 rings (SSSR count). The average molecular weight is 362 g/mol. The predicted molar refractivity (Wildman–Crippen MR) is 105 cm³/mol. The Morgan fingerprint density at radius 3 is 2.44 bits per heavy atom. The minimum Gasteiger partial charge on any atom is -0.497 e.